The second-order valence-corrected chi connectivity index (χ2v) is 8.44. The van der Waals surface area contributed by atoms with Gasteiger partial charge in [-0.2, -0.15) is 0 Å². The number of carboxylic acid groups (broad SMARTS) is 3. The highest BCUT2D eigenvalue weighted by atomic mass is 16.5. The Bertz CT molecular complexity index is 915. The number of hydrogen-bond donors (Lipinski definition) is 3. The third kappa shape index (κ3) is 6.40. The molecule has 4 rings (SSSR count). The molecule has 8 heteroatoms. The number of carboxylic acids is 3. The standard InChI is InChI=1S/C13H14O5.C12H14O3/c14-11(15)13(12(16)17)6-10(7-13)18-8-9-4-2-1-3-5-9;13-12(14)10-6-11(7-10)15-8-9-4-2-1-3-5-9/h1-5,10H,6-8H2,(H,14,15)(H,16,17);1-5,10-11H,6-8H2,(H,13,14). The first-order valence-electron chi connectivity index (χ1n) is 10.8. The quantitative estimate of drug-likeness (QED) is 0.488. The van der Waals surface area contributed by atoms with Gasteiger partial charge in [0.15, 0.2) is 5.41 Å². The zero-order valence-corrected chi connectivity index (χ0v) is 18.1. The van der Waals surface area contributed by atoms with Gasteiger partial charge < -0.3 is 24.8 Å². The van der Waals surface area contributed by atoms with E-state index in [2.05, 4.69) is 0 Å². The second kappa shape index (κ2) is 11.1. The Kier molecular flexibility index (Phi) is 8.19. The van der Waals surface area contributed by atoms with Gasteiger partial charge in [-0.15, -0.1) is 0 Å². The molecule has 0 unspecified atom stereocenters. The van der Waals surface area contributed by atoms with Gasteiger partial charge in [0.2, 0.25) is 0 Å². The van der Waals surface area contributed by atoms with Crippen LogP contribution in [0.3, 0.4) is 0 Å². The van der Waals surface area contributed by atoms with E-state index in [0.29, 0.717) is 26.1 Å². The van der Waals surface area contributed by atoms with Crippen molar-refractivity contribution >= 4 is 17.9 Å². The van der Waals surface area contributed by atoms with E-state index in [1.165, 1.54) is 0 Å². The molecule has 2 aliphatic carbocycles. The molecule has 0 atom stereocenters. The third-order valence-corrected chi connectivity index (χ3v) is 6.07. The molecule has 0 radical (unpaired) electrons. The zero-order valence-electron chi connectivity index (χ0n) is 18.1. The van der Waals surface area contributed by atoms with E-state index in [9.17, 15) is 14.4 Å². The maximum Gasteiger partial charge on any atom is 0.321 e. The van der Waals surface area contributed by atoms with Crippen LogP contribution in [0.15, 0.2) is 60.7 Å². The lowest BCUT2D eigenvalue weighted by atomic mass is 9.66. The molecule has 2 aromatic carbocycles. The summed E-state index contributed by atoms with van der Waals surface area (Å²) in [5.74, 6) is -3.45. The third-order valence-electron chi connectivity index (χ3n) is 6.07. The molecule has 0 bridgehead atoms. The molecule has 2 saturated carbocycles. The summed E-state index contributed by atoms with van der Waals surface area (Å²) in [5.41, 5.74) is 0.471. The van der Waals surface area contributed by atoms with Crippen molar-refractivity contribution in [3.8, 4) is 0 Å². The fraction of sp³-hybridized carbons (Fsp3) is 0.400. The van der Waals surface area contributed by atoms with Gasteiger partial charge in [-0.05, 0) is 24.0 Å². The second-order valence-electron chi connectivity index (χ2n) is 8.44. The minimum atomic E-state index is -1.65. The predicted molar refractivity (Wildman–Crippen MR) is 117 cm³/mol. The van der Waals surface area contributed by atoms with E-state index in [4.69, 9.17) is 24.8 Å². The van der Waals surface area contributed by atoms with Crippen molar-refractivity contribution < 1.29 is 39.2 Å². The SMILES string of the molecule is O=C(O)C1(C(=O)O)CC(OCc2ccccc2)C1.O=C(O)C1CC(OCc2ccccc2)C1. The summed E-state index contributed by atoms with van der Waals surface area (Å²) >= 11 is 0. The summed E-state index contributed by atoms with van der Waals surface area (Å²) in [5, 5.41) is 26.5. The van der Waals surface area contributed by atoms with Gasteiger partial charge in [0.05, 0.1) is 31.3 Å². The Morgan fingerprint density at radius 1 is 0.727 bits per heavy atom. The molecule has 0 amide bonds. The molecule has 0 saturated heterocycles. The Hall–Kier alpha value is -3.23. The van der Waals surface area contributed by atoms with E-state index < -0.39 is 23.3 Å². The van der Waals surface area contributed by atoms with Crippen LogP contribution in [-0.2, 0) is 37.1 Å². The monoisotopic (exact) mass is 456 g/mol. The van der Waals surface area contributed by atoms with Gasteiger partial charge in [-0.3, -0.25) is 14.4 Å². The summed E-state index contributed by atoms with van der Waals surface area (Å²) in [7, 11) is 0. The minimum absolute atomic E-state index is 0.0322. The van der Waals surface area contributed by atoms with Gasteiger partial charge in [0.1, 0.15) is 0 Å². The summed E-state index contributed by atoms with van der Waals surface area (Å²) in [6.07, 6.45) is 1.21. The molecule has 0 spiro atoms. The van der Waals surface area contributed by atoms with Crippen molar-refractivity contribution in [2.45, 2.75) is 51.1 Å². The highest BCUT2D eigenvalue weighted by Crippen LogP contribution is 2.43. The van der Waals surface area contributed by atoms with Crippen LogP contribution in [0.4, 0.5) is 0 Å². The van der Waals surface area contributed by atoms with Gasteiger partial charge in [-0.25, -0.2) is 0 Å². The smallest absolute Gasteiger partial charge is 0.321 e. The number of ether oxygens (including phenoxy) is 2. The molecular formula is C25H28O8. The fourth-order valence-electron chi connectivity index (χ4n) is 3.76. The Morgan fingerprint density at radius 3 is 1.55 bits per heavy atom. The van der Waals surface area contributed by atoms with E-state index in [-0.39, 0.29) is 31.0 Å². The van der Waals surface area contributed by atoms with Crippen molar-refractivity contribution in [3.63, 3.8) is 0 Å². The molecule has 0 heterocycles. The van der Waals surface area contributed by atoms with Crippen LogP contribution in [0.5, 0.6) is 0 Å². The maximum atomic E-state index is 10.9. The van der Waals surface area contributed by atoms with E-state index in [1.807, 2.05) is 60.7 Å². The largest absolute Gasteiger partial charge is 0.481 e. The number of aliphatic carboxylic acids is 3. The number of hydrogen-bond acceptors (Lipinski definition) is 5. The highest BCUT2D eigenvalue weighted by molar-refractivity contribution is 5.99. The molecule has 3 N–H and O–H groups in total. The van der Waals surface area contributed by atoms with Crippen molar-refractivity contribution in [3.05, 3.63) is 71.8 Å². The first-order valence-corrected chi connectivity index (χ1v) is 10.8. The molecule has 0 aliphatic heterocycles. The Morgan fingerprint density at radius 2 is 1.15 bits per heavy atom. The summed E-state index contributed by atoms with van der Waals surface area (Å²) in [6.45, 7) is 0.957. The number of benzene rings is 2. The van der Waals surface area contributed by atoms with Crippen molar-refractivity contribution in [1.82, 2.24) is 0 Å². The van der Waals surface area contributed by atoms with E-state index in [0.717, 1.165) is 11.1 Å². The average Bonchev–Trinajstić information content (AvgIpc) is 2.73. The van der Waals surface area contributed by atoms with Crippen LogP contribution >= 0.6 is 0 Å². The maximum absolute atomic E-state index is 10.9. The van der Waals surface area contributed by atoms with Gasteiger partial charge in [0, 0.05) is 12.8 Å². The van der Waals surface area contributed by atoms with Crippen molar-refractivity contribution in [2.24, 2.45) is 11.3 Å². The van der Waals surface area contributed by atoms with Crippen LogP contribution in [0.25, 0.3) is 0 Å². The first-order chi connectivity index (χ1) is 15.8. The summed E-state index contributed by atoms with van der Waals surface area (Å²) in [6, 6.07) is 19.4. The summed E-state index contributed by atoms with van der Waals surface area (Å²) in [4.78, 5) is 32.4. The van der Waals surface area contributed by atoms with Crippen molar-refractivity contribution in [2.75, 3.05) is 0 Å². The van der Waals surface area contributed by atoms with Crippen LogP contribution in [0.1, 0.15) is 36.8 Å². The highest BCUT2D eigenvalue weighted by Gasteiger charge is 2.57. The normalized spacial score (nSPS) is 21.0. The summed E-state index contributed by atoms with van der Waals surface area (Å²) < 4.78 is 11.1. The van der Waals surface area contributed by atoms with Gasteiger partial charge in [-0.1, -0.05) is 60.7 Å². The van der Waals surface area contributed by atoms with E-state index in [1.54, 1.807) is 0 Å². The van der Waals surface area contributed by atoms with Gasteiger partial charge >= 0.3 is 17.9 Å². The van der Waals surface area contributed by atoms with Crippen LogP contribution in [-0.4, -0.2) is 45.4 Å². The average molecular weight is 456 g/mol. The molecular weight excluding hydrogens is 428 g/mol. The lowest BCUT2D eigenvalue weighted by Gasteiger charge is -2.40. The fourth-order valence-corrected chi connectivity index (χ4v) is 3.76. The molecule has 8 nitrogen and oxygen atoms in total. The Labute approximate surface area is 191 Å². The molecule has 2 fully saturated rings. The van der Waals surface area contributed by atoms with Crippen LogP contribution in [0.2, 0.25) is 0 Å². The molecule has 2 aliphatic rings. The molecule has 0 aromatic heterocycles. The first kappa shape index (κ1) is 24.4. The molecule has 176 valence electrons. The molecule has 33 heavy (non-hydrogen) atoms. The van der Waals surface area contributed by atoms with Gasteiger partial charge in [0.25, 0.3) is 0 Å². The van der Waals surface area contributed by atoms with Crippen molar-refractivity contribution in [1.29, 1.82) is 0 Å². The van der Waals surface area contributed by atoms with Crippen LogP contribution in [0, 0.1) is 11.3 Å². The lowest BCUT2D eigenvalue weighted by molar-refractivity contribution is -0.185. The Balaban J connectivity index is 0.000000189. The predicted octanol–water partition coefficient (Wildman–Crippen LogP) is 3.59. The number of carbonyl (C=O) groups is 3. The topological polar surface area (TPSA) is 130 Å². The van der Waals surface area contributed by atoms with E-state index >= 15 is 0 Å². The minimum Gasteiger partial charge on any atom is -0.481 e. The zero-order chi connectivity index (χ0) is 23.8. The molecule has 2 aromatic rings. The number of rotatable bonds is 9. The lowest BCUT2D eigenvalue weighted by Crippen LogP contribution is -2.53. The van der Waals surface area contributed by atoms with Crippen LogP contribution < -0.4 is 0 Å².